The van der Waals surface area contributed by atoms with Crippen molar-refractivity contribution in [2.24, 2.45) is 0 Å². The summed E-state index contributed by atoms with van der Waals surface area (Å²) in [5, 5.41) is 16.8. The number of fused-ring (bicyclic) bond motifs is 1. The summed E-state index contributed by atoms with van der Waals surface area (Å²) in [5.41, 5.74) is 2.04. The Morgan fingerprint density at radius 1 is 1.00 bits per heavy atom. The lowest BCUT2D eigenvalue weighted by molar-refractivity contribution is -0.121. The third-order valence-electron chi connectivity index (χ3n) is 6.31. The topological polar surface area (TPSA) is 75.4 Å². The van der Waals surface area contributed by atoms with E-state index in [2.05, 4.69) is 32.5 Å². The van der Waals surface area contributed by atoms with E-state index in [0.29, 0.717) is 24.3 Å². The molecule has 2 saturated heterocycles. The van der Waals surface area contributed by atoms with Crippen molar-refractivity contribution in [3.05, 3.63) is 23.7 Å². The van der Waals surface area contributed by atoms with Gasteiger partial charge in [0, 0.05) is 30.8 Å². The second-order valence-electron chi connectivity index (χ2n) is 8.45. The highest BCUT2D eigenvalue weighted by atomic mass is 16.1. The molecule has 5 rings (SSSR count). The largest absolute Gasteiger partial charge is 0.352 e. The molecule has 3 fully saturated rings. The first kappa shape index (κ1) is 17.1. The molecule has 1 atom stereocenters. The average molecular weight is 368 g/mol. The average Bonchev–Trinajstić information content (AvgIpc) is 3.47. The lowest BCUT2D eigenvalue weighted by Crippen LogP contribution is -2.45. The van der Waals surface area contributed by atoms with Crippen LogP contribution in [0.3, 0.4) is 0 Å². The van der Waals surface area contributed by atoms with Gasteiger partial charge in [0.05, 0.1) is 5.69 Å². The van der Waals surface area contributed by atoms with Gasteiger partial charge < -0.3 is 10.2 Å². The van der Waals surface area contributed by atoms with E-state index in [9.17, 15) is 4.79 Å². The SMILES string of the molecule is O=C1CCCCC(CN2CCC(c3nnc4ccc(C5CC5)nn34)CC2)N1. The zero-order chi connectivity index (χ0) is 18.2. The Bertz CT molecular complexity index is 821. The van der Waals surface area contributed by atoms with Gasteiger partial charge in [0.2, 0.25) is 5.91 Å². The first-order valence-electron chi connectivity index (χ1n) is 10.5. The van der Waals surface area contributed by atoms with Crippen molar-refractivity contribution >= 4 is 11.6 Å². The molecule has 27 heavy (non-hydrogen) atoms. The number of hydrogen-bond donors (Lipinski definition) is 1. The van der Waals surface area contributed by atoms with Gasteiger partial charge in [-0.15, -0.1) is 10.2 Å². The number of hydrogen-bond acceptors (Lipinski definition) is 5. The summed E-state index contributed by atoms with van der Waals surface area (Å²) in [6.45, 7) is 3.08. The standard InChI is InChI=1S/C20H28N6O/c27-19-4-2-1-3-16(21-19)13-25-11-9-15(10-12-25)20-23-22-18-8-7-17(14-5-6-14)24-26(18)20/h7-8,14-16H,1-6,9-13H2,(H,21,27). The van der Waals surface area contributed by atoms with Crippen LogP contribution in [0.1, 0.15) is 74.7 Å². The van der Waals surface area contributed by atoms with Gasteiger partial charge in [-0.25, -0.2) is 0 Å². The van der Waals surface area contributed by atoms with E-state index < -0.39 is 0 Å². The molecule has 1 aliphatic carbocycles. The summed E-state index contributed by atoms with van der Waals surface area (Å²) < 4.78 is 1.99. The third kappa shape index (κ3) is 3.70. The van der Waals surface area contributed by atoms with Crippen LogP contribution in [-0.2, 0) is 4.79 Å². The molecular weight excluding hydrogens is 340 g/mol. The van der Waals surface area contributed by atoms with Crippen molar-refractivity contribution in [2.45, 2.75) is 69.2 Å². The first-order valence-corrected chi connectivity index (χ1v) is 10.5. The minimum atomic E-state index is 0.222. The molecule has 7 heteroatoms. The van der Waals surface area contributed by atoms with Crippen LogP contribution >= 0.6 is 0 Å². The van der Waals surface area contributed by atoms with Gasteiger partial charge in [-0.2, -0.15) is 9.61 Å². The maximum atomic E-state index is 11.8. The number of nitrogens with zero attached hydrogens (tertiary/aromatic N) is 5. The fourth-order valence-electron chi connectivity index (χ4n) is 4.54. The van der Waals surface area contributed by atoms with Crippen molar-refractivity contribution < 1.29 is 4.79 Å². The Morgan fingerprint density at radius 3 is 2.67 bits per heavy atom. The van der Waals surface area contributed by atoms with E-state index in [1.54, 1.807) is 0 Å². The van der Waals surface area contributed by atoms with Crippen LogP contribution in [0.4, 0.5) is 0 Å². The number of rotatable bonds is 4. The fourth-order valence-corrected chi connectivity index (χ4v) is 4.54. The number of piperidine rings is 1. The minimum Gasteiger partial charge on any atom is -0.352 e. The molecule has 2 aromatic rings. The molecule has 2 aromatic heterocycles. The molecule has 4 heterocycles. The van der Waals surface area contributed by atoms with E-state index in [-0.39, 0.29) is 5.91 Å². The van der Waals surface area contributed by atoms with Crippen molar-refractivity contribution in [1.29, 1.82) is 0 Å². The number of carbonyl (C=O) groups excluding carboxylic acids is 1. The fraction of sp³-hybridized carbons (Fsp3) is 0.700. The summed E-state index contributed by atoms with van der Waals surface area (Å²) in [7, 11) is 0. The van der Waals surface area contributed by atoms with Gasteiger partial charge >= 0.3 is 0 Å². The van der Waals surface area contributed by atoms with Crippen LogP contribution in [0.15, 0.2) is 12.1 Å². The lowest BCUT2D eigenvalue weighted by Gasteiger charge is -2.33. The van der Waals surface area contributed by atoms with Crippen molar-refractivity contribution in [3.63, 3.8) is 0 Å². The zero-order valence-electron chi connectivity index (χ0n) is 15.8. The molecule has 7 nitrogen and oxygen atoms in total. The molecular formula is C20H28N6O. The van der Waals surface area contributed by atoms with Gasteiger partial charge in [0.15, 0.2) is 11.5 Å². The monoisotopic (exact) mass is 368 g/mol. The van der Waals surface area contributed by atoms with Crippen LogP contribution < -0.4 is 5.32 Å². The molecule has 1 unspecified atom stereocenters. The molecule has 0 bridgehead atoms. The Labute approximate surface area is 159 Å². The van der Waals surface area contributed by atoms with Gasteiger partial charge in [-0.3, -0.25) is 4.79 Å². The Balaban J connectivity index is 1.23. The normalized spacial score (nSPS) is 25.5. The van der Waals surface area contributed by atoms with Crippen LogP contribution in [0, 0.1) is 0 Å². The van der Waals surface area contributed by atoms with Gasteiger partial charge in [-0.05, 0) is 63.7 Å². The molecule has 3 aliphatic rings. The van der Waals surface area contributed by atoms with E-state index in [1.807, 2.05) is 4.52 Å². The quantitative estimate of drug-likeness (QED) is 0.896. The Kier molecular flexibility index (Phi) is 4.55. The molecule has 2 aliphatic heterocycles. The highest BCUT2D eigenvalue weighted by molar-refractivity contribution is 5.76. The third-order valence-corrected chi connectivity index (χ3v) is 6.31. The van der Waals surface area contributed by atoms with Gasteiger partial charge in [0.25, 0.3) is 0 Å². The number of aromatic nitrogens is 4. The second kappa shape index (κ2) is 7.19. The molecule has 0 aromatic carbocycles. The maximum Gasteiger partial charge on any atom is 0.220 e. The number of nitrogens with one attached hydrogen (secondary N) is 1. The Morgan fingerprint density at radius 2 is 1.85 bits per heavy atom. The summed E-state index contributed by atoms with van der Waals surface area (Å²) in [5.74, 6) is 2.30. The van der Waals surface area contributed by atoms with Crippen LogP contribution in [0.25, 0.3) is 5.65 Å². The predicted molar refractivity (Wildman–Crippen MR) is 102 cm³/mol. The highest BCUT2D eigenvalue weighted by Crippen LogP contribution is 2.39. The smallest absolute Gasteiger partial charge is 0.220 e. The highest BCUT2D eigenvalue weighted by Gasteiger charge is 2.29. The molecule has 0 radical (unpaired) electrons. The molecule has 1 N–H and O–H groups in total. The number of likely N-dealkylation sites (tertiary alicyclic amines) is 1. The van der Waals surface area contributed by atoms with E-state index >= 15 is 0 Å². The summed E-state index contributed by atoms with van der Waals surface area (Å²) in [6.07, 6.45) is 8.65. The van der Waals surface area contributed by atoms with E-state index in [1.165, 1.54) is 18.5 Å². The van der Waals surface area contributed by atoms with Crippen LogP contribution in [-0.4, -0.2) is 56.3 Å². The minimum absolute atomic E-state index is 0.222. The molecule has 1 saturated carbocycles. The number of carbonyl (C=O) groups is 1. The first-order chi connectivity index (χ1) is 13.3. The Hall–Kier alpha value is -2.02. The van der Waals surface area contributed by atoms with Crippen LogP contribution in [0.2, 0.25) is 0 Å². The summed E-state index contributed by atoms with van der Waals surface area (Å²) in [6, 6.07) is 4.48. The maximum absolute atomic E-state index is 11.8. The number of amides is 1. The molecule has 1 amide bonds. The summed E-state index contributed by atoms with van der Waals surface area (Å²) >= 11 is 0. The van der Waals surface area contributed by atoms with E-state index in [4.69, 9.17) is 5.10 Å². The molecule has 0 spiro atoms. The molecule has 144 valence electrons. The van der Waals surface area contributed by atoms with Crippen molar-refractivity contribution in [2.75, 3.05) is 19.6 Å². The van der Waals surface area contributed by atoms with Crippen LogP contribution in [0.5, 0.6) is 0 Å². The van der Waals surface area contributed by atoms with Gasteiger partial charge in [0.1, 0.15) is 0 Å². The van der Waals surface area contributed by atoms with Gasteiger partial charge in [-0.1, -0.05) is 6.42 Å². The zero-order valence-corrected chi connectivity index (χ0v) is 15.8. The van der Waals surface area contributed by atoms with Crippen molar-refractivity contribution in [3.8, 4) is 0 Å². The van der Waals surface area contributed by atoms with Crippen molar-refractivity contribution in [1.82, 2.24) is 30.0 Å². The lowest BCUT2D eigenvalue weighted by atomic mass is 9.95. The summed E-state index contributed by atoms with van der Waals surface area (Å²) in [4.78, 5) is 14.3. The van der Waals surface area contributed by atoms with E-state index in [0.717, 1.165) is 63.2 Å². The predicted octanol–water partition coefficient (Wildman–Crippen LogP) is 2.24. The second-order valence-corrected chi connectivity index (χ2v) is 8.45.